The second kappa shape index (κ2) is 12.2. The highest BCUT2D eigenvalue weighted by atomic mass is 79.9. The van der Waals surface area contributed by atoms with E-state index in [0.29, 0.717) is 11.0 Å². The van der Waals surface area contributed by atoms with Crippen molar-refractivity contribution < 1.29 is 28.6 Å². The summed E-state index contributed by atoms with van der Waals surface area (Å²) in [5, 5.41) is 0. The van der Waals surface area contributed by atoms with Crippen molar-refractivity contribution in [3.05, 3.63) is 39.2 Å². The van der Waals surface area contributed by atoms with Crippen molar-refractivity contribution in [2.75, 3.05) is 13.7 Å². The molecule has 1 amide bonds. The van der Waals surface area contributed by atoms with Crippen LogP contribution in [0, 0.1) is 0 Å². The second-order valence-electron chi connectivity index (χ2n) is 9.91. The molecule has 3 rings (SSSR count). The van der Waals surface area contributed by atoms with Gasteiger partial charge in [-0.05, 0) is 66.7 Å². The maximum atomic E-state index is 12.5. The molecule has 0 radical (unpaired) electrons. The molecule has 1 aromatic heterocycles. The highest BCUT2D eigenvalue weighted by molar-refractivity contribution is 9.10. The maximum Gasteiger partial charge on any atom is 0.351 e. The third-order valence-corrected chi connectivity index (χ3v) is 8.12. The third-order valence-electron chi connectivity index (χ3n) is 5.90. The third kappa shape index (κ3) is 7.32. The Morgan fingerprint density at radius 2 is 1.83 bits per heavy atom. The van der Waals surface area contributed by atoms with Gasteiger partial charge in [0.05, 0.1) is 16.5 Å². The smallest absolute Gasteiger partial charge is 0.351 e. The van der Waals surface area contributed by atoms with Crippen LogP contribution >= 0.6 is 27.3 Å². The zero-order valence-corrected chi connectivity index (χ0v) is 23.9. The standard InChI is InChI=1S/C27H34BrNO6S/c1-17(30)29(20-12-7-6-8-13-20)15-18-10-9-11-19(14-18)24-22(28)23(25(36-24)26(32)33-5)34-16-21(31)35-27(2,3)4/h9-11,14,20H,6-8,12-13,15-16H2,1-5H3. The van der Waals surface area contributed by atoms with Gasteiger partial charge in [0.25, 0.3) is 0 Å². The molecule has 0 aliphatic heterocycles. The molecule has 0 unspecified atom stereocenters. The van der Waals surface area contributed by atoms with Gasteiger partial charge < -0.3 is 19.1 Å². The van der Waals surface area contributed by atoms with Crippen molar-refractivity contribution >= 4 is 45.1 Å². The number of halogens is 1. The van der Waals surface area contributed by atoms with Crippen LogP contribution in [0.5, 0.6) is 5.75 Å². The van der Waals surface area contributed by atoms with E-state index in [0.717, 1.165) is 41.7 Å². The Morgan fingerprint density at radius 1 is 1.14 bits per heavy atom. The highest BCUT2D eigenvalue weighted by Crippen LogP contribution is 2.46. The molecule has 0 bridgehead atoms. The van der Waals surface area contributed by atoms with Crippen molar-refractivity contribution in [2.24, 2.45) is 0 Å². The fraction of sp³-hybridized carbons (Fsp3) is 0.519. The normalized spacial score (nSPS) is 14.3. The Hall–Kier alpha value is -2.39. The lowest BCUT2D eigenvalue weighted by Crippen LogP contribution is -2.39. The van der Waals surface area contributed by atoms with Gasteiger partial charge >= 0.3 is 11.9 Å². The van der Waals surface area contributed by atoms with Crippen molar-refractivity contribution in [1.82, 2.24) is 4.90 Å². The number of carbonyl (C=O) groups excluding carboxylic acids is 3. The first-order chi connectivity index (χ1) is 17.0. The van der Waals surface area contributed by atoms with E-state index in [2.05, 4.69) is 15.9 Å². The van der Waals surface area contributed by atoms with Crippen molar-refractivity contribution in [3.63, 3.8) is 0 Å². The molecule has 0 atom stereocenters. The molecule has 0 spiro atoms. The van der Waals surface area contributed by atoms with Gasteiger partial charge in [-0.2, -0.15) is 0 Å². The predicted molar refractivity (Wildman–Crippen MR) is 143 cm³/mol. The molecule has 1 aromatic carbocycles. The number of thiophene rings is 1. The lowest BCUT2D eigenvalue weighted by molar-refractivity contribution is -0.157. The average Bonchev–Trinajstić information content (AvgIpc) is 3.16. The molecule has 0 saturated heterocycles. The first-order valence-corrected chi connectivity index (χ1v) is 13.7. The Balaban J connectivity index is 1.87. The van der Waals surface area contributed by atoms with E-state index in [-0.39, 0.29) is 29.2 Å². The van der Waals surface area contributed by atoms with Crippen LogP contribution in [0.4, 0.5) is 0 Å². The van der Waals surface area contributed by atoms with Crippen LogP contribution in [0.25, 0.3) is 10.4 Å². The van der Waals surface area contributed by atoms with Crippen molar-refractivity contribution in [2.45, 2.75) is 78.0 Å². The van der Waals surface area contributed by atoms with E-state index < -0.39 is 17.5 Å². The van der Waals surface area contributed by atoms with Gasteiger partial charge in [-0.15, -0.1) is 11.3 Å². The number of carbonyl (C=O) groups is 3. The van der Waals surface area contributed by atoms with Crippen LogP contribution < -0.4 is 4.74 Å². The maximum absolute atomic E-state index is 12.5. The summed E-state index contributed by atoms with van der Waals surface area (Å²) in [5.74, 6) is -0.768. The van der Waals surface area contributed by atoms with Crippen LogP contribution in [0.1, 0.15) is 75.0 Å². The van der Waals surface area contributed by atoms with Gasteiger partial charge in [-0.3, -0.25) is 4.79 Å². The number of methoxy groups -OCH3 is 1. The minimum absolute atomic E-state index is 0.0791. The Kier molecular flexibility index (Phi) is 9.58. The molecule has 196 valence electrons. The molecule has 36 heavy (non-hydrogen) atoms. The summed E-state index contributed by atoms with van der Waals surface area (Å²) in [4.78, 5) is 40.1. The number of hydrogen-bond acceptors (Lipinski definition) is 7. The zero-order valence-electron chi connectivity index (χ0n) is 21.5. The largest absolute Gasteiger partial charge is 0.479 e. The van der Waals surface area contributed by atoms with Crippen LogP contribution in [0.3, 0.4) is 0 Å². The molecule has 1 heterocycles. The highest BCUT2D eigenvalue weighted by Gasteiger charge is 2.27. The summed E-state index contributed by atoms with van der Waals surface area (Å²) in [7, 11) is 1.30. The van der Waals surface area contributed by atoms with E-state index in [4.69, 9.17) is 14.2 Å². The summed E-state index contributed by atoms with van der Waals surface area (Å²) in [6.07, 6.45) is 5.61. The van der Waals surface area contributed by atoms with Gasteiger partial charge in [0.1, 0.15) is 5.60 Å². The Labute approximate surface area is 225 Å². The number of hydrogen-bond donors (Lipinski definition) is 0. The molecule has 9 heteroatoms. The number of rotatable bonds is 8. The second-order valence-corrected chi connectivity index (χ2v) is 11.7. The van der Waals surface area contributed by atoms with Crippen LogP contribution in [-0.4, -0.2) is 48.1 Å². The first-order valence-electron chi connectivity index (χ1n) is 12.1. The van der Waals surface area contributed by atoms with Crippen LogP contribution in [-0.2, 0) is 25.6 Å². The summed E-state index contributed by atoms with van der Waals surface area (Å²) in [6.45, 7) is 7.15. The molecule has 0 N–H and O–H groups in total. The Morgan fingerprint density at radius 3 is 2.44 bits per heavy atom. The number of amides is 1. The topological polar surface area (TPSA) is 82.1 Å². The van der Waals surface area contributed by atoms with E-state index in [1.54, 1.807) is 27.7 Å². The van der Waals surface area contributed by atoms with E-state index in [9.17, 15) is 14.4 Å². The Bertz CT molecular complexity index is 1100. The fourth-order valence-corrected chi connectivity index (χ4v) is 6.30. The fourth-order valence-electron chi connectivity index (χ4n) is 4.34. The zero-order chi connectivity index (χ0) is 26.5. The van der Waals surface area contributed by atoms with Crippen molar-refractivity contribution in [1.29, 1.82) is 0 Å². The molecular formula is C27H34BrNO6S. The molecular weight excluding hydrogens is 546 g/mol. The molecule has 1 aliphatic rings. The van der Waals surface area contributed by atoms with Gasteiger partial charge in [-0.1, -0.05) is 37.5 Å². The number of benzene rings is 1. The minimum Gasteiger partial charge on any atom is -0.479 e. The number of ether oxygens (including phenoxy) is 3. The summed E-state index contributed by atoms with van der Waals surface area (Å²) >= 11 is 4.79. The molecule has 1 aliphatic carbocycles. The van der Waals surface area contributed by atoms with E-state index in [1.165, 1.54) is 24.9 Å². The number of esters is 2. The van der Waals surface area contributed by atoms with Gasteiger partial charge in [0, 0.05) is 19.5 Å². The molecule has 1 fully saturated rings. The molecule has 2 aromatic rings. The van der Waals surface area contributed by atoms with Crippen LogP contribution in [0.2, 0.25) is 0 Å². The van der Waals surface area contributed by atoms with Gasteiger partial charge in [-0.25, -0.2) is 9.59 Å². The number of nitrogens with zero attached hydrogens (tertiary/aromatic N) is 1. The lowest BCUT2D eigenvalue weighted by atomic mass is 9.93. The average molecular weight is 581 g/mol. The first kappa shape index (κ1) is 28.2. The summed E-state index contributed by atoms with van der Waals surface area (Å²) < 4.78 is 16.6. The lowest BCUT2D eigenvalue weighted by Gasteiger charge is -2.34. The van der Waals surface area contributed by atoms with E-state index >= 15 is 0 Å². The SMILES string of the molecule is COC(=O)c1sc(-c2cccc(CN(C(C)=O)C3CCCCC3)c2)c(Br)c1OCC(=O)OC(C)(C)C. The quantitative estimate of drug-likeness (QED) is 0.338. The monoisotopic (exact) mass is 579 g/mol. The van der Waals surface area contributed by atoms with E-state index in [1.807, 2.05) is 29.2 Å². The molecule has 1 saturated carbocycles. The molecule has 7 nitrogen and oxygen atoms in total. The summed E-state index contributed by atoms with van der Waals surface area (Å²) in [5.41, 5.74) is 1.23. The van der Waals surface area contributed by atoms with Gasteiger partial charge in [0.2, 0.25) is 5.91 Å². The minimum atomic E-state index is -0.644. The van der Waals surface area contributed by atoms with Gasteiger partial charge in [0.15, 0.2) is 17.2 Å². The van der Waals surface area contributed by atoms with Crippen molar-refractivity contribution in [3.8, 4) is 16.2 Å². The predicted octanol–water partition coefficient (Wildman–Crippen LogP) is 6.37. The van der Waals surface area contributed by atoms with Crippen LogP contribution in [0.15, 0.2) is 28.7 Å². The summed E-state index contributed by atoms with van der Waals surface area (Å²) in [6, 6.07) is 8.18.